The average molecular weight is 280 g/mol. The molecule has 0 aliphatic rings. The predicted molar refractivity (Wildman–Crippen MR) is 78.6 cm³/mol. The molecule has 0 saturated heterocycles. The average Bonchev–Trinajstić information content (AvgIpc) is 2.43. The van der Waals surface area contributed by atoms with Gasteiger partial charge < -0.3 is 20.5 Å². The van der Waals surface area contributed by atoms with Crippen molar-refractivity contribution in [3.63, 3.8) is 0 Å². The first-order chi connectivity index (χ1) is 9.54. The first-order valence-corrected chi connectivity index (χ1v) is 6.81. The highest BCUT2D eigenvalue weighted by Gasteiger charge is 2.12. The van der Waals surface area contributed by atoms with Gasteiger partial charge in [-0.1, -0.05) is 24.3 Å². The van der Waals surface area contributed by atoms with Gasteiger partial charge >= 0.3 is 6.03 Å². The molecule has 1 rings (SSSR count). The van der Waals surface area contributed by atoms with Gasteiger partial charge in [-0.05, 0) is 31.4 Å². The Morgan fingerprint density at radius 1 is 1.40 bits per heavy atom. The Bertz CT molecular complexity index is 423. The number of rotatable bonds is 7. The van der Waals surface area contributed by atoms with Gasteiger partial charge in [-0.15, -0.1) is 0 Å². The van der Waals surface area contributed by atoms with E-state index >= 15 is 0 Å². The van der Waals surface area contributed by atoms with Crippen LogP contribution in [-0.4, -0.2) is 37.4 Å². The van der Waals surface area contributed by atoms with Crippen molar-refractivity contribution in [1.82, 2.24) is 10.6 Å². The molecule has 5 nitrogen and oxygen atoms in total. The number of hydrogen-bond acceptors (Lipinski definition) is 3. The molecule has 0 bridgehead atoms. The molecule has 5 heteroatoms. The Morgan fingerprint density at radius 3 is 2.75 bits per heavy atom. The number of aliphatic hydroxyl groups is 1. The van der Waals surface area contributed by atoms with Gasteiger partial charge in [0.2, 0.25) is 0 Å². The zero-order chi connectivity index (χ0) is 15.0. The van der Waals surface area contributed by atoms with Crippen molar-refractivity contribution in [3.8, 4) is 0 Å². The van der Waals surface area contributed by atoms with Crippen LogP contribution in [0.2, 0.25) is 0 Å². The lowest BCUT2D eigenvalue weighted by molar-refractivity contribution is 0.169. The standard InChI is InChI=1S/C15H24N2O3/c1-11-6-4-5-7-13(11)14(18)10-16-15(19)17-12(2)8-9-20-3/h4-7,12,14,18H,8-10H2,1-3H3,(H2,16,17,19). The summed E-state index contributed by atoms with van der Waals surface area (Å²) in [6, 6.07) is 7.35. The van der Waals surface area contributed by atoms with Crippen LogP contribution in [-0.2, 0) is 4.74 Å². The van der Waals surface area contributed by atoms with E-state index in [1.165, 1.54) is 0 Å². The van der Waals surface area contributed by atoms with Crippen LogP contribution in [0.5, 0.6) is 0 Å². The third kappa shape index (κ3) is 5.59. The smallest absolute Gasteiger partial charge is 0.315 e. The molecule has 20 heavy (non-hydrogen) atoms. The summed E-state index contributed by atoms with van der Waals surface area (Å²) >= 11 is 0. The van der Waals surface area contributed by atoms with Crippen molar-refractivity contribution in [3.05, 3.63) is 35.4 Å². The van der Waals surface area contributed by atoms with Gasteiger partial charge in [0.25, 0.3) is 0 Å². The molecule has 0 aromatic heterocycles. The largest absolute Gasteiger partial charge is 0.387 e. The van der Waals surface area contributed by atoms with E-state index in [4.69, 9.17) is 4.74 Å². The first kappa shape index (κ1) is 16.5. The lowest BCUT2D eigenvalue weighted by Gasteiger charge is -2.17. The summed E-state index contributed by atoms with van der Waals surface area (Å²) in [5.74, 6) is 0. The quantitative estimate of drug-likeness (QED) is 0.712. The fourth-order valence-electron chi connectivity index (χ4n) is 1.90. The number of aliphatic hydroxyl groups excluding tert-OH is 1. The van der Waals surface area contributed by atoms with Gasteiger partial charge in [0.15, 0.2) is 0 Å². The monoisotopic (exact) mass is 280 g/mol. The molecule has 0 aliphatic heterocycles. The Kier molecular flexibility index (Phi) is 7.04. The maximum atomic E-state index is 11.7. The fourth-order valence-corrected chi connectivity index (χ4v) is 1.90. The van der Waals surface area contributed by atoms with Crippen molar-refractivity contribution in [1.29, 1.82) is 0 Å². The zero-order valence-electron chi connectivity index (χ0n) is 12.3. The van der Waals surface area contributed by atoms with Gasteiger partial charge in [-0.25, -0.2) is 4.79 Å². The first-order valence-electron chi connectivity index (χ1n) is 6.81. The second-order valence-electron chi connectivity index (χ2n) is 4.91. The maximum absolute atomic E-state index is 11.7. The number of nitrogens with one attached hydrogen (secondary N) is 2. The minimum absolute atomic E-state index is 0.0329. The van der Waals surface area contributed by atoms with E-state index in [1.54, 1.807) is 7.11 Å². The number of aryl methyl sites for hydroxylation is 1. The van der Waals surface area contributed by atoms with Crippen molar-refractivity contribution < 1.29 is 14.6 Å². The summed E-state index contributed by atoms with van der Waals surface area (Å²) in [6.07, 6.45) is 0.0563. The number of carbonyl (C=O) groups is 1. The number of ether oxygens (including phenoxy) is 1. The molecule has 0 saturated carbocycles. The SMILES string of the molecule is COCCC(C)NC(=O)NCC(O)c1ccccc1C. The molecular formula is C15H24N2O3. The molecule has 0 aliphatic carbocycles. The third-order valence-electron chi connectivity index (χ3n) is 3.14. The van der Waals surface area contributed by atoms with Crippen LogP contribution in [0.1, 0.15) is 30.6 Å². The zero-order valence-corrected chi connectivity index (χ0v) is 12.3. The number of benzene rings is 1. The van der Waals surface area contributed by atoms with Gasteiger partial charge in [0.1, 0.15) is 0 Å². The number of hydrogen-bond donors (Lipinski definition) is 3. The van der Waals surface area contributed by atoms with Crippen LogP contribution < -0.4 is 10.6 Å². The highest BCUT2D eigenvalue weighted by molar-refractivity contribution is 5.74. The number of carbonyl (C=O) groups excluding carboxylic acids is 1. The van der Waals surface area contributed by atoms with Crippen LogP contribution in [0.4, 0.5) is 4.79 Å². The van der Waals surface area contributed by atoms with Gasteiger partial charge in [-0.3, -0.25) is 0 Å². The molecule has 112 valence electrons. The molecule has 0 radical (unpaired) electrons. The fraction of sp³-hybridized carbons (Fsp3) is 0.533. The summed E-state index contributed by atoms with van der Waals surface area (Å²) in [6.45, 7) is 4.64. The molecule has 0 spiro atoms. The highest BCUT2D eigenvalue weighted by atomic mass is 16.5. The van der Waals surface area contributed by atoms with Crippen LogP contribution in [0, 0.1) is 6.92 Å². The molecule has 0 heterocycles. The molecule has 2 unspecified atom stereocenters. The van der Waals surface area contributed by atoms with Gasteiger partial charge in [-0.2, -0.15) is 0 Å². The maximum Gasteiger partial charge on any atom is 0.315 e. The topological polar surface area (TPSA) is 70.6 Å². The molecule has 0 fully saturated rings. The lowest BCUT2D eigenvalue weighted by atomic mass is 10.0. The highest BCUT2D eigenvalue weighted by Crippen LogP contribution is 2.16. The van der Waals surface area contributed by atoms with Crippen molar-refractivity contribution >= 4 is 6.03 Å². The summed E-state index contributed by atoms with van der Waals surface area (Å²) < 4.78 is 4.95. The summed E-state index contributed by atoms with van der Waals surface area (Å²) in [7, 11) is 1.63. The molecular weight excluding hydrogens is 256 g/mol. The van der Waals surface area contributed by atoms with E-state index in [0.717, 1.165) is 17.5 Å². The summed E-state index contributed by atoms with van der Waals surface area (Å²) in [5, 5.41) is 15.5. The van der Waals surface area contributed by atoms with E-state index in [1.807, 2.05) is 38.1 Å². The molecule has 2 amide bonds. The lowest BCUT2D eigenvalue weighted by Crippen LogP contribution is -2.42. The van der Waals surface area contributed by atoms with Crippen LogP contribution in [0.15, 0.2) is 24.3 Å². The summed E-state index contributed by atoms with van der Waals surface area (Å²) in [5.41, 5.74) is 1.84. The predicted octanol–water partition coefficient (Wildman–Crippen LogP) is 1.75. The second kappa shape index (κ2) is 8.55. The summed E-state index contributed by atoms with van der Waals surface area (Å²) in [4.78, 5) is 11.7. The number of urea groups is 1. The Morgan fingerprint density at radius 2 is 2.10 bits per heavy atom. The number of methoxy groups -OCH3 is 1. The molecule has 2 atom stereocenters. The number of amides is 2. The molecule has 1 aromatic carbocycles. The van der Waals surface area contributed by atoms with Crippen molar-refractivity contribution in [2.75, 3.05) is 20.3 Å². The third-order valence-corrected chi connectivity index (χ3v) is 3.14. The Hall–Kier alpha value is -1.59. The van der Waals surface area contributed by atoms with E-state index in [-0.39, 0.29) is 18.6 Å². The second-order valence-corrected chi connectivity index (χ2v) is 4.91. The van der Waals surface area contributed by atoms with Crippen LogP contribution in [0.25, 0.3) is 0 Å². The van der Waals surface area contributed by atoms with E-state index in [2.05, 4.69) is 10.6 Å². The van der Waals surface area contributed by atoms with Crippen molar-refractivity contribution in [2.45, 2.75) is 32.4 Å². The van der Waals surface area contributed by atoms with Gasteiger partial charge in [0.05, 0.1) is 6.10 Å². The van der Waals surface area contributed by atoms with E-state index in [9.17, 15) is 9.90 Å². The minimum atomic E-state index is -0.698. The van der Waals surface area contributed by atoms with Crippen molar-refractivity contribution in [2.24, 2.45) is 0 Å². The Labute approximate surface area is 120 Å². The van der Waals surface area contributed by atoms with Gasteiger partial charge in [0, 0.05) is 26.3 Å². The minimum Gasteiger partial charge on any atom is -0.387 e. The van der Waals surface area contributed by atoms with E-state index in [0.29, 0.717) is 6.61 Å². The molecule has 1 aromatic rings. The van der Waals surface area contributed by atoms with Crippen LogP contribution >= 0.6 is 0 Å². The molecule has 3 N–H and O–H groups in total. The normalized spacial score (nSPS) is 13.6. The Balaban J connectivity index is 2.35. The van der Waals surface area contributed by atoms with E-state index < -0.39 is 6.10 Å². The van der Waals surface area contributed by atoms with Crippen LogP contribution in [0.3, 0.4) is 0 Å².